The van der Waals surface area contributed by atoms with Gasteiger partial charge >= 0.3 is 6.18 Å². The smallest absolute Gasteiger partial charge is 0.287 e. The van der Waals surface area contributed by atoms with Gasteiger partial charge in [-0.15, -0.1) is 0 Å². The van der Waals surface area contributed by atoms with Gasteiger partial charge in [0.2, 0.25) is 5.91 Å². The number of carbonyl (C=O) groups excluding carboxylic acids is 1. The summed E-state index contributed by atoms with van der Waals surface area (Å²) in [7, 11) is 0. The first-order valence-electron chi connectivity index (χ1n) is 7.43. The number of nitrogens with zero attached hydrogens (tertiary/aromatic N) is 1. The summed E-state index contributed by atoms with van der Waals surface area (Å²) in [6.07, 6.45) is -4.58. The molecule has 1 heterocycles. The number of amides is 1. The molecule has 0 spiro atoms. The molecule has 1 fully saturated rings. The van der Waals surface area contributed by atoms with Gasteiger partial charge < -0.3 is 0 Å². The van der Waals surface area contributed by atoms with Crippen LogP contribution in [0.1, 0.15) is 31.9 Å². The average molecular weight is 357 g/mol. The minimum absolute atomic E-state index is 0.00191. The molecule has 1 saturated heterocycles. The molecule has 128 valence electrons. The Morgan fingerprint density at radius 3 is 2.50 bits per heavy atom. The quantitative estimate of drug-likeness (QED) is 0.852. The van der Waals surface area contributed by atoms with E-state index in [0.717, 1.165) is 5.01 Å². The fourth-order valence-corrected chi connectivity index (χ4v) is 3.44. The van der Waals surface area contributed by atoms with E-state index in [1.807, 2.05) is 0 Å². The van der Waals surface area contributed by atoms with Crippen molar-refractivity contribution < 1.29 is 18.0 Å². The van der Waals surface area contributed by atoms with Crippen LogP contribution in [0.15, 0.2) is 36.4 Å². The third-order valence-electron chi connectivity index (χ3n) is 4.21. The highest BCUT2D eigenvalue weighted by atomic mass is 35.5. The second-order valence-electron chi connectivity index (χ2n) is 6.55. The van der Waals surface area contributed by atoms with Gasteiger partial charge in [0.15, 0.2) is 6.04 Å². The van der Waals surface area contributed by atoms with Crippen LogP contribution in [0.5, 0.6) is 0 Å². The Kier molecular flexibility index (Phi) is 4.00. The van der Waals surface area contributed by atoms with Crippen LogP contribution in [0, 0.1) is 0 Å². The number of halogens is 4. The maximum absolute atomic E-state index is 14.0. The van der Waals surface area contributed by atoms with Gasteiger partial charge in [-0.25, -0.2) is 0 Å². The van der Waals surface area contributed by atoms with E-state index in [4.69, 9.17) is 11.6 Å². The van der Waals surface area contributed by atoms with E-state index in [-0.39, 0.29) is 17.0 Å². The van der Waals surface area contributed by atoms with Crippen LogP contribution in [0.2, 0.25) is 5.02 Å². The van der Waals surface area contributed by atoms with Crippen LogP contribution in [0.3, 0.4) is 0 Å². The van der Waals surface area contributed by atoms with E-state index in [0.29, 0.717) is 10.8 Å². The molecule has 2 aromatic rings. The molecular formula is C17H16ClF3N2O. The first-order chi connectivity index (χ1) is 11.1. The fraction of sp³-hybridized carbons (Fsp3) is 0.353. The van der Waals surface area contributed by atoms with Gasteiger partial charge in [0.1, 0.15) is 0 Å². The summed E-state index contributed by atoms with van der Waals surface area (Å²) in [6.45, 7) is 3.22. The highest BCUT2D eigenvalue weighted by Gasteiger charge is 2.53. The Bertz CT molecular complexity index is 804. The second-order valence-corrected chi connectivity index (χ2v) is 6.99. The summed E-state index contributed by atoms with van der Waals surface area (Å²) in [5.74, 6) is -0.430. The first kappa shape index (κ1) is 17.0. The molecule has 0 saturated carbocycles. The van der Waals surface area contributed by atoms with Crippen molar-refractivity contribution in [1.29, 1.82) is 0 Å². The van der Waals surface area contributed by atoms with Gasteiger partial charge in [-0.1, -0.05) is 35.9 Å². The number of rotatable bonds is 2. The number of hydrogen-bond donors (Lipinski definition) is 1. The van der Waals surface area contributed by atoms with Crippen LogP contribution in [0.4, 0.5) is 13.2 Å². The number of nitrogens with one attached hydrogen (secondary N) is 1. The summed E-state index contributed by atoms with van der Waals surface area (Å²) < 4.78 is 41.9. The zero-order valence-electron chi connectivity index (χ0n) is 13.1. The normalized spacial score (nSPS) is 19.5. The molecule has 2 aromatic carbocycles. The molecule has 0 aliphatic carbocycles. The molecule has 1 amide bonds. The number of carbonyl (C=O) groups is 1. The van der Waals surface area contributed by atoms with Crippen LogP contribution < -0.4 is 5.43 Å². The van der Waals surface area contributed by atoms with Crippen LogP contribution >= 0.6 is 11.6 Å². The number of benzene rings is 2. The lowest BCUT2D eigenvalue weighted by Crippen LogP contribution is -2.51. The highest BCUT2D eigenvalue weighted by molar-refractivity contribution is 6.31. The molecule has 1 atom stereocenters. The lowest BCUT2D eigenvalue weighted by Gasteiger charge is -2.38. The molecular weight excluding hydrogens is 341 g/mol. The Morgan fingerprint density at radius 1 is 1.25 bits per heavy atom. The SMILES string of the molecule is CC1(C)CC(=O)NN1[C@@H](c1cc(Cl)cc2ccccc12)C(F)(F)F. The molecule has 1 aliphatic rings. The molecule has 7 heteroatoms. The van der Waals surface area contributed by atoms with Gasteiger partial charge in [0.25, 0.3) is 0 Å². The molecule has 1 N–H and O–H groups in total. The Labute approximate surface area is 142 Å². The highest BCUT2D eigenvalue weighted by Crippen LogP contribution is 2.45. The maximum Gasteiger partial charge on any atom is 0.409 e. The molecule has 24 heavy (non-hydrogen) atoms. The third kappa shape index (κ3) is 2.96. The molecule has 3 rings (SSSR count). The lowest BCUT2D eigenvalue weighted by molar-refractivity contribution is -0.203. The van der Waals surface area contributed by atoms with E-state index in [2.05, 4.69) is 5.43 Å². The van der Waals surface area contributed by atoms with Crippen LogP contribution in [-0.4, -0.2) is 22.6 Å². The summed E-state index contributed by atoms with van der Waals surface area (Å²) in [6, 6.07) is 7.73. The zero-order valence-corrected chi connectivity index (χ0v) is 13.9. The first-order valence-corrected chi connectivity index (χ1v) is 7.81. The molecule has 1 aliphatic heterocycles. The molecule has 0 unspecified atom stereocenters. The molecule has 0 aromatic heterocycles. The summed E-state index contributed by atoms with van der Waals surface area (Å²) in [5.41, 5.74) is 1.42. The Morgan fingerprint density at radius 2 is 1.92 bits per heavy atom. The lowest BCUT2D eigenvalue weighted by atomic mass is 9.94. The number of alkyl halides is 3. The van der Waals surface area contributed by atoms with E-state index in [1.165, 1.54) is 6.07 Å². The fourth-order valence-electron chi connectivity index (χ4n) is 3.21. The van der Waals surface area contributed by atoms with Crippen LogP contribution in [-0.2, 0) is 4.79 Å². The van der Waals surface area contributed by atoms with E-state index in [1.54, 1.807) is 44.2 Å². The monoisotopic (exact) mass is 356 g/mol. The largest absolute Gasteiger partial charge is 0.409 e. The van der Waals surface area contributed by atoms with Crippen molar-refractivity contribution in [2.24, 2.45) is 0 Å². The number of hydrogen-bond acceptors (Lipinski definition) is 2. The third-order valence-corrected chi connectivity index (χ3v) is 4.43. The van der Waals surface area contributed by atoms with Crippen molar-refractivity contribution in [3.63, 3.8) is 0 Å². The van der Waals surface area contributed by atoms with Gasteiger partial charge in [-0.3, -0.25) is 10.2 Å². The van der Waals surface area contributed by atoms with Gasteiger partial charge in [-0.2, -0.15) is 18.2 Å². The van der Waals surface area contributed by atoms with E-state index < -0.39 is 23.7 Å². The minimum Gasteiger partial charge on any atom is -0.287 e. The van der Waals surface area contributed by atoms with E-state index in [9.17, 15) is 18.0 Å². The molecule has 0 bridgehead atoms. The van der Waals surface area contributed by atoms with Crippen molar-refractivity contribution >= 4 is 28.3 Å². The van der Waals surface area contributed by atoms with Crippen molar-refractivity contribution in [2.75, 3.05) is 0 Å². The van der Waals surface area contributed by atoms with Crippen LogP contribution in [0.25, 0.3) is 10.8 Å². The molecule has 0 radical (unpaired) electrons. The van der Waals surface area contributed by atoms with Crippen molar-refractivity contribution in [1.82, 2.24) is 10.4 Å². The Balaban J connectivity index is 2.24. The van der Waals surface area contributed by atoms with Crippen molar-refractivity contribution in [3.8, 4) is 0 Å². The van der Waals surface area contributed by atoms with Crippen molar-refractivity contribution in [3.05, 3.63) is 47.0 Å². The maximum atomic E-state index is 14.0. The number of fused-ring (bicyclic) bond motifs is 1. The zero-order chi connectivity index (χ0) is 17.7. The van der Waals surface area contributed by atoms with Gasteiger partial charge in [0.05, 0.1) is 0 Å². The van der Waals surface area contributed by atoms with Crippen molar-refractivity contribution in [2.45, 2.75) is 38.0 Å². The van der Waals surface area contributed by atoms with E-state index >= 15 is 0 Å². The van der Waals surface area contributed by atoms with Gasteiger partial charge in [-0.05, 0) is 42.3 Å². The summed E-state index contributed by atoms with van der Waals surface area (Å²) in [4.78, 5) is 11.7. The standard InChI is InChI=1S/C17H16ClF3N2O/c1-16(2)9-14(24)22-23(16)15(17(19,20)21)13-8-11(18)7-10-5-3-4-6-12(10)13/h3-8,15H,9H2,1-2H3,(H,22,24)/t15-/m0/s1. The molecule has 3 nitrogen and oxygen atoms in total. The topological polar surface area (TPSA) is 32.3 Å². The predicted molar refractivity (Wildman–Crippen MR) is 86.4 cm³/mol. The second kappa shape index (κ2) is 5.63. The summed E-state index contributed by atoms with van der Waals surface area (Å²) >= 11 is 6.05. The predicted octanol–water partition coefficient (Wildman–Crippen LogP) is 4.61. The minimum atomic E-state index is -4.58. The average Bonchev–Trinajstić information content (AvgIpc) is 2.70. The summed E-state index contributed by atoms with van der Waals surface area (Å²) in [5, 5.41) is 2.30. The number of hydrazine groups is 1. The Hall–Kier alpha value is -1.79. The van der Waals surface area contributed by atoms with Gasteiger partial charge in [0, 0.05) is 17.0 Å².